The first kappa shape index (κ1) is 19.9. The molecule has 162 valence electrons. The average molecular weight is 420 g/mol. The van der Waals surface area contributed by atoms with E-state index in [0.717, 1.165) is 42.5 Å². The van der Waals surface area contributed by atoms with Gasteiger partial charge in [-0.25, -0.2) is 0 Å². The molecule has 5 rings (SSSR count). The molecular weight excluding hydrogens is 390 g/mol. The van der Waals surface area contributed by atoms with Gasteiger partial charge in [-0.15, -0.1) is 0 Å². The highest BCUT2D eigenvalue weighted by molar-refractivity contribution is 6.13. The Labute approximate surface area is 182 Å². The third kappa shape index (κ3) is 3.34. The molecule has 1 N–H and O–H groups in total. The molecule has 1 aliphatic carbocycles. The number of carbonyl (C=O) groups excluding carboxylic acids is 2. The van der Waals surface area contributed by atoms with Crippen molar-refractivity contribution in [3.05, 3.63) is 53.9 Å². The number of carbonyl (C=O) groups is 2. The molecule has 0 saturated heterocycles. The van der Waals surface area contributed by atoms with Crippen LogP contribution in [-0.4, -0.2) is 28.0 Å². The van der Waals surface area contributed by atoms with E-state index in [-0.39, 0.29) is 17.9 Å². The summed E-state index contributed by atoms with van der Waals surface area (Å²) in [4.78, 5) is 29.2. The smallest absolute Gasteiger partial charge is 0.276 e. The lowest BCUT2D eigenvalue weighted by molar-refractivity contribution is -0.127. The van der Waals surface area contributed by atoms with Crippen molar-refractivity contribution >= 4 is 28.6 Å². The van der Waals surface area contributed by atoms with Crippen molar-refractivity contribution in [2.24, 2.45) is 0 Å². The molecule has 6 nitrogen and oxygen atoms in total. The number of amides is 2. The van der Waals surface area contributed by atoms with Gasteiger partial charge in [0.25, 0.3) is 5.91 Å². The summed E-state index contributed by atoms with van der Waals surface area (Å²) in [5, 5.41) is 3.30. The Morgan fingerprint density at radius 1 is 1.10 bits per heavy atom. The Morgan fingerprint density at radius 3 is 2.52 bits per heavy atom. The number of nitrogens with one attached hydrogen (secondary N) is 1. The second-order valence-electron chi connectivity index (χ2n) is 9.20. The van der Waals surface area contributed by atoms with Crippen LogP contribution in [0.4, 0.5) is 5.69 Å². The molecule has 0 unspecified atom stereocenters. The van der Waals surface area contributed by atoms with Crippen molar-refractivity contribution in [3.63, 3.8) is 0 Å². The number of hydrogen-bond acceptors (Lipinski definition) is 3. The van der Waals surface area contributed by atoms with Crippen LogP contribution >= 0.6 is 0 Å². The molecule has 1 aliphatic heterocycles. The van der Waals surface area contributed by atoms with E-state index in [2.05, 4.69) is 5.32 Å². The molecule has 1 saturated carbocycles. The van der Waals surface area contributed by atoms with Gasteiger partial charge in [-0.2, -0.15) is 0 Å². The van der Waals surface area contributed by atoms with Gasteiger partial charge in [0.2, 0.25) is 5.91 Å². The van der Waals surface area contributed by atoms with Crippen molar-refractivity contribution in [2.45, 2.75) is 70.5 Å². The predicted octanol–water partition coefficient (Wildman–Crippen LogP) is 4.80. The van der Waals surface area contributed by atoms with Crippen LogP contribution in [0.15, 0.2) is 47.1 Å². The first-order chi connectivity index (χ1) is 15.0. The Kier molecular flexibility index (Phi) is 4.88. The average Bonchev–Trinajstić information content (AvgIpc) is 3.24. The molecule has 3 aromatic rings. The summed E-state index contributed by atoms with van der Waals surface area (Å²) in [6, 6.07) is 11.6. The first-order valence-electron chi connectivity index (χ1n) is 11.3. The third-order valence-electron chi connectivity index (χ3n) is 6.88. The van der Waals surface area contributed by atoms with Crippen LogP contribution < -0.4 is 10.2 Å². The molecule has 0 spiro atoms. The number of nitrogens with zero attached hydrogens (tertiary/aromatic N) is 2. The standard InChI is InChI=1S/C25H29N3O3/c1-17-9-11-19(12-10-17)28-23(29)21-15-22-20(13-14-31-22)27(21)16-25(28,2)24(30)26-18-7-5-3-4-6-8-18/h9-15,18H,3-8,16H2,1-2H3,(H,26,30)/t25-/m1/s1. The normalized spacial score (nSPS) is 22.4. The molecule has 2 amide bonds. The summed E-state index contributed by atoms with van der Waals surface area (Å²) in [6.07, 6.45) is 8.35. The van der Waals surface area contributed by atoms with Crippen LogP contribution in [0.3, 0.4) is 0 Å². The van der Waals surface area contributed by atoms with E-state index in [1.54, 1.807) is 17.2 Å². The van der Waals surface area contributed by atoms with Gasteiger partial charge in [0.15, 0.2) is 5.58 Å². The van der Waals surface area contributed by atoms with Gasteiger partial charge in [0.05, 0.1) is 18.3 Å². The quantitative estimate of drug-likeness (QED) is 0.620. The van der Waals surface area contributed by atoms with E-state index in [9.17, 15) is 9.59 Å². The van der Waals surface area contributed by atoms with Crippen molar-refractivity contribution in [1.29, 1.82) is 0 Å². The fraction of sp³-hybridized carbons (Fsp3) is 0.440. The van der Waals surface area contributed by atoms with Crippen LogP contribution in [0.25, 0.3) is 11.1 Å². The third-order valence-corrected chi connectivity index (χ3v) is 6.88. The zero-order chi connectivity index (χ0) is 21.6. The summed E-state index contributed by atoms with van der Waals surface area (Å²) in [5.74, 6) is -0.274. The number of rotatable bonds is 3. The molecule has 0 bridgehead atoms. The van der Waals surface area contributed by atoms with Crippen molar-refractivity contribution < 1.29 is 14.0 Å². The van der Waals surface area contributed by atoms with Crippen LogP contribution in [0.2, 0.25) is 0 Å². The van der Waals surface area contributed by atoms with E-state index in [4.69, 9.17) is 4.42 Å². The second kappa shape index (κ2) is 7.59. The van der Waals surface area contributed by atoms with Crippen molar-refractivity contribution in [2.75, 3.05) is 4.90 Å². The number of anilines is 1. The van der Waals surface area contributed by atoms with E-state index >= 15 is 0 Å². The molecule has 1 fully saturated rings. The predicted molar refractivity (Wildman–Crippen MR) is 120 cm³/mol. The number of benzene rings is 1. The molecule has 3 heterocycles. The van der Waals surface area contributed by atoms with Crippen molar-refractivity contribution in [3.8, 4) is 0 Å². The maximum absolute atomic E-state index is 13.8. The molecule has 31 heavy (non-hydrogen) atoms. The number of aromatic nitrogens is 1. The fourth-order valence-electron chi connectivity index (χ4n) is 5.08. The SMILES string of the molecule is Cc1ccc(N2C(=O)c3cc4occc4n3C[C@]2(C)C(=O)NC2CCCCCC2)cc1. The molecule has 2 aromatic heterocycles. The minimum absolute atomic E-state index is 0.0932. The molecule has 1 aromatic carbocycles. The zero-order valence-electron chi connectivity index (χ0n) is 18.2. The summed E-state index contributed by atoms with van der Waals surface area (Å²) in [6.45, 7) is 4.27. The van der Waals surface area contributed by atoms with Crippen LogP contribution in [0.1, 0.15) is 61.5 Å². The van der Waals surface area contributed by atoms with Crippen LogP contribution in [0.5, 0.6) is 0 Å². The summed E-state index contributed by atoms with van der Waals surface area (Å²) in [7, 11) is 0. The highest BCUT2D eigenvalue weighted by atomic mass is 16.3. The summed E-state index contributed by atoms with van der Waals surface area (Å²) >= 11 is 0. The molecular formula is C25H29N3O3. The number of aryl methyl sites for hydroxylation is 1. The van der Waals surface area contributed by atoms with Gasteiger partial charge in [0.1, 0.15) is 11.2 Å². The van der Waals surface area contributed by atoms with Gasteiger partial charge in [0, 0.05) is 23.9 Å². The lowest BCUT2D eigenvalue weighted by Crippen LogP contribution is -2.65. The maximum atomic E-state index is 13.8. The topological polar surface area (TPSA) is 67.5 Å². The highest BCUT2D eigenvalue weighted by Crippen LogP contribution is 2.36. The Hall–Kier alpha value is -3.02. The maximum Gasteiger partial charge on any atom is 0.276 e. The minimum Gasteiger partial charge on any atom is -0.463 e. The van der Waals surface area contributed by atoms with Gasteiger partial charge in [-0.05, 0) is 38.8 Å². The Balaban J connectivity index is 1.57. The number of fused-ring (bicyclic) bond motifs is 3. The summed E-state index contributed by atoms with van der Waals surface area (Å²) in [5.41, 5.74) is 2.86. The van der Waals surface area contributed by atoms with E-state index in [1.807, 2.05) is 48.7 Å². The number of hydrogen-bond donors (Lipinski definition) is 1. The molecule has 2 aliphatic rings. The van der Waals surface area contributed by atoms with Gasteiger partial charge >= 0.3 is 0 Å². The second-order valence-corrected chi connectivity index (χ2v) is 9.20. The van der Waals surface area contributed by atoms with Crippen molar-refractivity contribution in [1.82, 2.24) is 9.88 Å². The molecule has 6 heteroatoms. The van der Waals surface area contributed by atoms with Crippen LogP contribution in [-0.2, 0) is 11.3 Å². The monoisotopic (exact) mass is 419 g/mol. The lowest BCUT2D eigenvalue weighted by atomic mass is 9.92. The molecule has 0 radical (unpaired) electrons. The lowest BCUT2D eigenvalue weighted by Gasteiger charge is -2.44. The Morgan fingerprint density at radius 2 is 1.81 bits per heavy atom. The van der Waals surface area contributed by atoms with Gasteiger partial charge < -0.3 is 14.3 Å². The minimum atomic E-state index is -1.05. The van der Waals surface area contributed by atoms with E-state index < -0.39 is 5.54 Å². The fourth-order valence-corrected chi connectivity index (χ4v) is 5.08. The van der Waals surface area contributed by atoms with Gasteiger partial charge in [-0.1, -0.05) is 43.4 Å². The van der Waals surface area contributed by atoms with E-state index in [0.29, 0.717) is 17.8 Å². The summed E-state index contributed by atoms with van der Waals surface area (Å²) < 4.78 is 7.48. The molecule has 1 atom stereocenters. The largest absolute Gasteiger partial charge is 0.463 e. The first-order valence-corrected chi connectivity index (χ1v) is 11.3. The Bertz CT molecular complexity index is 1120. The zero-order valence-corrected chi connectivity index (χ0v) is 18.2. The van der Waals surface area contributed by atoms with E-state index in [1.165, 1.54) is 12.8 Å². The number of furan rings is 1. The van der Waals surface area contributed by atoms with Gasteiger partial charge in [-0.3, -0.25) is 14.5 Å². The highest BCUT2D eigenvalue weighted by Gasteiger charge is 2.49. The van der Waals surface area contributed by atoms with Crippen LogP contribution in [0, 0.1) is 6.92 Å².